The third-order valence-corrected chi connectivity index (χ3v) is 3.00. The smallest absolute Gasteiger partial charge is 0.347 e. The van der Waals surface area contributed by atoms with Gasteiger partial charge in [0.15, 0.2) is 0 Å². The molecular formula is C16H21FO3. The van der Waals surface area contributed by atoms with Crippen molar-refractivity contribution < 1.29 is 19.0 Å². The van der Waals surface area contributed by atoms with Gasteiger partial charge in [-0.3, -0.25) is 0 Å². The SMILES string of the molecule is C=C(C)C[C@@](F)(C(=O)OCC)[C@H](O)c1ccc(C)cc1. The molecule has 0 aliphatic carbocycles. The van der Waals surface area contributed by atoms with E-state index in [0.29, 0.717) is 11.1 Å². The van der Waals surface area contributed by atoms with Gasteiger partial charge >= 0.3 is 5.97 Å². The molecule has 0 amide bonds. The highest BCUT2D eigenvalue weighted by Gasteiger charge is 2.48. The number of hydrogen-bond donors (Lipinski definition) is 1. The molecule has 0 radical (unpaired) electrons. The van der Waals surface area contributed by atoms with Gasteiger partial charge in [0.25, 0.3) is 0 Å². The average molecular weight is 280 g/mol. The molecule has 20 heavy (non-hydrogen) atoms. The lowest BCUT2D eigenvalue weighted by Crippen LogP contribution is -2.42. The third-order valence-electron chi connectivity index (χ3n) is 3.00. The van der Waals surface area contributed by atoms with Crippen LogP contribution >= 0.6 is 0 Å². The maximum Gasteiger partial charge on any atom is 0.347 e. The van der Waals surface area contributed by atoms with Crippen LogP contribution < -0.4 is 0 Å². The summed E-state index contributed by atoms with van der Waals surface area (Å²) < 4.78 is 19.8. The van der Waals surface area contributed by atoms with E-state index >= 15 is 4.39 Å². The number of aliphatic hydroxyl groups excluding tert-OH is 1. The molecule has 1 N–H and O–H groups in total. The lowest BCUT2D eigenvalue weighted by Gasteiger charge is -2.28. The molecule has 1 aromatic carbocycles. The number of hydrogen-bond acceptors (Lipinski definition) is 3. The molecule has 1 rings (SSSR count). The van der Waals surface area contributed by atoms with E-state index < -0.39 is 17.7 Å². The fraction of sp³-hybridized carbons (Fsp3) is 0.438. The van der Waals surface area contributed by atoms with E-state index in [1.165, 1.54) is 0 Å². The van der Waals surface area contributed by atoms with Gasteiger partial charge in [0.05, 0.1) is 6.61 Å². The van der Waals surface area contributed by atoms with E-state index in [2.05, 4.69) is 6.58 Å². The van der Waals surface area contributed by atoms with Gasteiger partial charge in [-0.25, -0.2) is 9.18 Å². The second-order valence-electron chi connectivity index (χ2n) is 5.03. The summed E-state index contributed by atoms with van der Waals surface area (Å²) >= 11 is 0. The van der Waals surface area contributed by atoms with Gasteiger partial charge in [-0.05, 0) is 26.3 Å². The highest BCUT2D eigenvalue weighted by molar-refractivity contribution is 5.81. The van der Waals surface area contributed by atoms with Crippen LogP contribution in [0, 0.1) is 6.92 Å². The van der Waals surface area contributed by atoms with Crippen LogP contribution in [0.3, 0.4) is 0 Å². The zero-order valence-corrected chi connectivity index (χ0v) is 12.1. The Morgan fingerprint density at radius 3 is 2.45 bits per heavy atom. The Kier molecular flexibility index (Phi) is 5.45. The molecule has 0 saturated carbocycles. The first-order chi connectivity index (χ1) is 9.31. The number of carbonyl (C=O) groups excluding carboxylic acids is 1. The summed E-state index contributed by atoms with van der Waals surface area (Å²) in [6.07, 6.45) is -1.86. The average Bonchev–Trinajstić information content (AvgIpc) is 2.38. The second kappa shape index (κ2) is 6.66. The van der Waals surface area contributed by atoms with Gasteiger partial charge in [0.1, 0.15) is 6.10 Å². The number of rotatable bonds is 6. The number of ether oxygens (including phenoxy) is 1. The number of allylic oxidation sites excluding steroid dienone is 1. The van der Waals surface area contributed by atoms with E-state index in [9.17, 15) is 9.90 Å². The number of alkyl halides is 1. The predicted octanol–water partition coefficient (Wildman–Crippen LogP) is 3.27. The van der Waals surface area contributed by atoms with Gasteiger partial charge in [0.2, 0.25) is 5.67 Å². The Balaban J connectivity index is 3.12. The number of benzene rings is 1. The molecule has 0 aliphatic rings. The molecule has 0 saturated heterocycles. The highest BCUT2D eigenvalue weighted by atomic mass is 19.1. The molecule has 0 heterocycles. The summed E-state index contributed by atoms with van der Waals surface area (Å²) in [5, 5.41) is 10.3. The van der Waals surface area contributed by atoms with Crippen LogP contribution in [0.25, 0.3) is 0 Å². The Hall–Kier alpha value is -1.68. The van der Waals surface area contributed by atoms with Crippen molar-refractivity contribution >= 4 is 5.97 Å². The Bertz CT molecular complexity index is 481. The van der Waals surface area contributed by atoms with Crippen molar-refractivity contribution in [2.24, 2.45) is 0 Å². The number of halogens is 1. The molecule has 110 valence electrons. The molecule has 0 fully saturated rings. The molecule has 3 nitrogen and oxygen atoms in total. The van der Waals surface area contributed by atoms with Gasteiger partial charge in [-0.15, -0.1) is 6.58 Å². The highest BCUT2D eigenvalue weighted by Crippen LogP contribution is 2.36. The summed E-state index contributed by atoms with van der Waals surface area (Å²) in [4.78, 5) is 11.9. The molecule has 0 bridgehead atoms. The number of aliphatic hydroxyl groups is 1. The van der Waals surface area contributed by atoms with Crippen molar-refractivity contribution in [1.29, 1.82) is 0 Å². The van der Waals surface area contributed by atoms with Crippen LogP contribution in [0.15, 0.2) is 36.4 Å². The van der Waals surface area contributed by atoms with Gasteiger partial charge in [0, 0.05) is 6.42 Å². The summed E-state index contributed by atoms with van der Waals surface area (Å²) in [5.74, 6) is -1.06. The van der Waals surface area contributed by atoms with Crippen LogP contribution in [-0.2, 0) is 9.53 Å². The summed E-state index contributed by atoms with van der Waals surface area (Å²) in [5.41, 5.74) is -0.725. The molecule has 0 unspecified atom stereocenters. The first kappa shape index (κ1) is 16.4. The van der Waals surface area contributed by atoms with Crippen molar-refractivity contribution in [3.05, 3.63) is 47.5 Å². The van der Waals surface area contributed by atoms with Crippen molar-refractivity contribution in [2.45, 2.75) is 39.0 Å². The van der Waals surface area contributed by atoms with Crippen LogP contribution in [0.4, 0.5) is 4.39 Å². The van der Waals surface area contributed by atoms with E-state index in [4.69, 9.17) is 4.74 Å². The van der Waals surface area contributed by atoms with Gasteiger partial charge in [-0.2, -0.15) is 0 Å². The van der Waals surface area contributed by atoms with E-state index in [0.717, 1.165) is 5.56 Å². The van der Waals surface area contributed by atoms with E-state index in [1.807, 2.05) is 6.92 Å². The maximum atomic E-state index is 15.0. The third kappa shape index (κ3) is 3.67. The lowest BCUT2D eigenvalue weighted by atomic mass is 9.87. The van der Waals surface area contributed by atoms with Crippen LogP contribution in [-0.4, -0.2) is 23.4 Å². The van der Waals surface area contributed by atoms with Crippen LogP contribution in [0.1, 0.15) is 37.5 Å². The molecule has 2 atom stereocenters. The van der Waals surface area contributed by atoms with Crippen molar-refractivity contribution in [3.63, 3.8) is 0 Å². The molecule has 0 aliphatic heterocycles. The van der Waals surface area contributed by atoms with Crippen LogP contribution in [0.2, 0.25) is 0 Å². The van der Waals surface area contributed by atoms with E-state index in [-0.39, 0.29) is 13.0 Å². The summed E-state index contributed by atoms with van der Waals surface area (Å²) in [6.45, 7) is 8.76. The Labute approximate surface area is 119 Å². The predicted molar refractivity (Wildman–Crippen MR) is 76.0 cm³/mol. The topological polar surface area (TPSA) is 46.5 Å². The first-order valence-electron chi connectivity index (χ1n) is 6.56. The second-order valence-corrected chi connectivity index (χ2v) is 5.03. The molecule has 0 aromatic heterocycles. The summed E-state index contributed by atoms with van der Waals surface area (Å²) in [6, 6.07) is 6.72. The fourth-order valence-corrected chi connectivity index (χ4v) is 1.98. The molecule has 1 aromatic rings. The number of esters is 1. The normalized spacial score (nSPS) is 15.2. The Morgan fingerprint density at radius 2 is 2.00 bits per heavy atom. The minimum Gasteiger partial charge on any atom is -0.464 e. The Morgan fingerprint density at radius 1 is 1.45 bits per heavy atom. The standard InChI is InChI=1S/C16H21FO3/c1-5-20-15(19)16(17,10-11(2)3)14(18)13-8-6-12(4)7-9-13/h6-9,14,18H,2,5,10H2,1,3-4H3/t14-,16+/m1/s1. The van der Waals surface area contributed by atoms with Crippen molar-refractivity contribution in [2.75, 3.05) is 6.61 Å². The molecular weight excluding hydrogens is 259 g/mol. The quantitative estimate of drug-likeness (QED) is 0.642. The zero-order chi connectivity index (χ0) is 15.3. The minimum atomic E-state index is -2.52. The monoisotopic (exact) mass is 280 g/mol. The lowest BCUT2D eigenvalue weighted by molar-refractivity contribution is -0.166. The fourth-order valence-electron chi connectivity index (χ4n) is 1.98. The minimum absolute atomic E-state index is 0.0569. The van der Waals surface area contributed by atoms with Crippen molar-refractivity contribution in [3.8, 4) is 0 Å². The molecule has 4 heteroatoms. The number of carbonyl (C=O) groups is 1. The van der Waals surface area contributed by atoms with Crippen molar-refractivity contribution in [1.82, 2.24) is 0 Å². The van der Waals surface area contributed by atoms with Gasteiger partial charge < -0.3 is 9.84 Å². The largest absolute Gasteiger partial charge is 0.464 e. The van der Waals surface area contributed by atoms with E-state index in [1.54, 1.807) is 38.1 Å². The zero-order valence-electron chi connectivity index (χ0n) is 12.1. The maximum absolute atomic E-state index is 15.0. The van der Waals surface area contributed by atoms with Crippen LogP contribution in [0.5, 0.6) is 0 Å². The summed E-state index contributed by atoms with van der Waals surface area (Å²) in [7, 11) is 0. The molecule has 0 spiro atoms. The first-order valence-corrected chi connectivity index (χ1v) is 6.56. The number of aryl methyl sites for hydroxylation is 1. The van der Waals surface area contributed by atoms with Gasteiger partial charge in [-0.1, -0.05) is 35.4 Å².